The number of amides is 2. The summed E-state index contributed by atoms with van der Waals surface area (Å²) in [6.07, 6.45) is 0.918. The van der Waals surface area contributed by atoms with Crippen LogP contribution in [0.15, 0.2) is 24.3 Å². The van der Waals surface area contributed by atoms with Crippen LogP contribution in [0.5, 0.6) is 0 Å². The maximum atomic E-state index is 12.4. The highest BCUT2D eigenvalue weighted by Gasteiger charge is 2.19. The standard InChI is InChI=1S/C14H23N3O/c1-4-10-17(14(18)16(5-2)6-3)13-9-7-8-12(15)11-13/h7-9,11H,4-6,10,15H2,1-3H3. The minimum Gasteiger partial charge on any atom is -0.399 e. The third kappa shape index (κ3) is 3.39. The smallest absolute Gasteiger partial charge is 0.324 e. The van der Waals surface area contributed by atoms with Crippen LogP contribution in [0.2, 0.25) is 0 Å². The summed E-state index contributed by atoms with van der Waals surface area (Å²) in [6, 6.07) is 7.52. The molecular weight excluding hydrogens is 226 g/mol. The molecule has 0 saturated carbocycles. The number of hydrogen-bond acceptors (Lipinski definition) is 2. The van der Waals surface area contributed by atoms with Crippen LogP contribution in [0.3, 0.4) is 0 Å². The highest BCUT2D eigenvalue weighted by atomic mass is 16.2. The van der Waals surface area contributed by atoms with Crippen LogP contribution in [0, 0.1) is 0 Å². The Morgan fingerprint density at radius 1 is 1.22 bits per heavy atom. The number of benzene rings is 1. The van der Waals surface area contributed by atoms with Gasteiger partial charge in [0.05, 0.1) is 0 Å². The molecule has 0 aliphatic carbocycles. The number of rotatable bonds is 5. The van der Waals surface area contributed by atoms with E-state index in [-0.39, 0.29) is 6.03 Å². The van der Waals surface area contributed by atoms with Crippen molar-refractivity contribution in [2.24, 2.45) is 0 Å². The fraction of sp³-hybridized carbons (Fsp3) is 0.500. The van der Waals surface area contributed by atoms with Gasteiger partial charge in [0, 0.05) is 31.0 Å². The number of urea groups is 1. The van der Waals surface area contributed by atoms with Gasteiger partial charge in [0.25, 0.3) is 0 Å². The molecule has 0 saturated heterocycles. The van der Waals surface area contributed by atoms with Crippen molar-refractivity contribution in [3.8, 4) is 0 Å². The van der Waals surface area contributed by atoms with Crippen molar-refractivity contribution in [1.82, 2.24) is 4.90 Å². The molecule has 1 aromatic rings. The van der Waals surface area contributed by atoms with E-state index in [1.54, 1.807) is 4.90 Å². The van der Waals surface area contributed by atoms with Gasteiger partial charge >= 0.3 is 6.03 Å². The van der Waals surface area contributed by atoms with E-state index in [2.05, 4.69) is 6.92 Å². The molecule has 4 heteroatoms. The molecular formula is C14H23N3O. The van der Waals surface area contributed by atoms with Crippen molar-refractivity contribution in [2.75, 3.05) is 30.3 Å². The highest BCUT2D eigenvalue weighted by molar-refractivity contribution is 5.92. The molecule has 0 aliphatic rings. The molecule has 2 N–H and O–H groups in total. The Morgan fingerprint density at radius 3 is 2.39 bits per heavy atom. The van der Waals surface area contributed by atoms with E-state index in [4.69, 9.17) is 5.73 Å². The number of nitrogens with two attached hydrogens (primary N) is 1. The first-order valence-corrected chi connectivity index (χ1v) is 6.55. The summed E-state index contributed by atoms with van der Waals surface area (Å²) in [6.45, 7) is 8.19. The predicted octanol–water partition coefficient (Wildman–Crippen LogP) is 2.95. The second-order valence-corrected chi connectivity index (χ2v) is 4.20. The van der Waals surface area contributed by atoms with Gasteiger partial charge in [-0.3, -0.25) is 4.90 Å². The fourth-order valence-corrected chi connectivity index (χ4v) is 1.92. The van der Waals surface area contributed by atoms with Gasteiger partial charge in [-0.15, -0.1) is 0 Å². The molecule has 0 aromatic heterocycles. The summed E-state index contributed by atoms with van der Waals surface area (Å²) in [5.41, 5.74) is 7.33. The number of carbonyl (C=O) groups excluding carboxylic acids is 1. The molecule has 100 valence electrons. The van der Waals surface area contributed by atoms with Gasteiger partial charge in [-0.1, -0.05) is 13.0 Å². The average Bonchev–Trinajstić information content (AvgIpc) is 2.37. The Kier molecular flexibility index (Phi) is 5.49. The molecule has 18 heavy (non-hydrogen) atoms. The molecule has 0 atom stereocenters. The van der Waals surface area contributed by atoms with Gasteiger partial charge in [-0.2, -0.15) is 0 Å². The lowest BCUT2D eigenvalue weighted by Crippen LogP contribution is -2.43. The Hall–Kier alpha value is -1.71. The maximum absolute atomic E-state index is 12.4. The Bertz CT molecular complexity index is 388. The van der Waals surface area contributed by atoms with Gasteiger partial charge in [0.15, 0.2) is 0 Å². The molecule has 0 fully saturated rings. The molecule has 0 aliphatic heterocycles. The van der Waals surface area contributed by atoms with E-state index in [1.807, 2.05) is 43.0 Å². The van der Waals surface area contributed by atoms with E-state index < -0.39 is 0 Å². The van der Waals surface area contributed by atoms with Crippen LogP contribution >= 0.6 is 0 Å². The first-order valence-electron chi connectivity index (χ1n) is 6.55. The molecule has 0 unspecified atom stereocenters. The lowest BCUT2D eigenvalue weighted by molar-refractivity contribution is 0.210. The van der Waals surface area contributed by atoms with E-state index in [0.29, 0.717) is 12.2 Å². The van der Waals surface area contributed by atoms with Crippen molar-refractivity contribution < 1.29 is 4.79 Å². The zero-order valence-corrected chi connectivity index (χ0v) is 11.5. The summed E-state index contributed by atoms with van der Waals surface area (Å²) in [4.78, 5) is 16.0. The predicted molar refractivity (Wildman–Crippen MR) is 76.8 cm³/mol. The molecule has 4 nitrogen and oxygen atoms in total. The van der Waals surface area contributed by atoms with Crippen molar-refractivity contribution >= 4 is 17.4 Å². The third-order valence-corrected chi connectivity index (χ3v) is 2.89. The van der Waals surface area contributed by atoms with E-state index in [0.717, 1.165) is 25.2 Å². The largest absolute Gasteiger partial charge is 0.399 e. The normalized spacial score (nSPS) is 10.2. The average molecular weight is 249 g/mol. The first kappa shape index (κ1) is 14.4. The lowest BCUT2D eigenvalue weighted by atomic mass is 10.2. The quantitative estimate of drug-likeness (QED) is 0.816. The van der Waals surface area contributed by atoms with Crippen LogP contribution in [0.25, 0.3) is 0 Å². The van der Waals surface area contributed by atoms with Crippen LogP contribution in [0.1, 0.15) is 27.2 Å². The summed E-state index contributed by atoms with van der Waals surface area (Å²) >= 11 is 0. The van der Waals surface area contributed by atoms with Crippen LogP contribution in [-0.2, 0) is 0 Å². The molecule has 1 rings (SSSR count). The second-order valence-electron chi connectivity index (χ2n) is 4.20. The topological polar surface area (TPSA) is 49.6 Å². The van der Waals surface area contributed by atoms with Gasteiger partial charge < -0.3 is 10.6 Å². The number of anilines is 2. The van der Waals surface area contributed by atoms with Crippen molar-refractivity contribution in [2.45, 2.75) is 27.2 Å². The zero-order chi connectivity index (χ0) is 13.5. The summed E-state index contributed by atoms with van der Waals surface area (Å²) < 4.78 is 0. The van der Waals surface area contributed by atoms with Gasteiger partial charge in [-0.25, -0.2) is 4.79 Å². The van der Waals surface area contributed by atoms with Crippen molar-refractivity contribution in [3.63, 3.8) is 0 Å². The number of nitrogens with zero attached hydrogens (tertiary/aromatic N) is 2. The summed E-state index contributed by atoms with van der Waals surface area (Å²) in [5.74, 6) is 0. The van der Waals surface area contributed by atoms with Crippen LogP contribution in [-0.4, -0.2) is 30.6 Å². The first-order chi connectivity index (χ1) is 8.63. The Morgan fingerprint density at radius 2 is 1.89 bits per heavy atom. The van der Waals surface area contributed by atoms with Gasteiger partial charge in [-0.05, 0) is 38.5 Å². The number of carbonyl (C=O) groups is 1. The monoisotopic (exact) mass is 249 g/mol. The van der Waals surface area contributed by atoms with Crippen molar-refractivity contribution in [1.29, 1.82) is 0 Å². The molecule has 0 spiro atoms. The van der Waals surface area contributed by atoms with E-state index in [1.165, 1.54) is 0 Å². The fourth-order valence-electron chi connectivity index (χ4n) is 1.92. The molecule has 1 aromatic carbocycles. The molecule has 2 amide bonds. The van der Waals surface area contributed by atoms with Crippen molar-refractivity contribution in [3.05, 3.63) is 24.3 Å². The summed E-state index contributed by atoms with van der Waals surface area (Å²) in [7, 11) is 0. The van der Waals surface area contributed by atoms with E-state index >= 15 is 0 Å². The molecule has 0 bridgehead atoms. The summed E-state index contributed by atoms with van der Waals surface area (Å²) in [5, 5.41) is 0. The SMILES string of the molecule is CCCN(C(=O)N(CC)CC)c1cccc(N)c1. The molecule has 0 heterocycles. The Labute approximate surface area is 109 Å². The second kappa shape index (κ2) is 6.89. The zero-order valence-electron chi connectivity index (χ0n) is 11.5. The lowest BCUT2D eigenvalue weighted by Gasteiger charge is -2.29. The van der Waals surface area contributed by atoms with Gasteiger partial charge in [0.1, 0.15) is 0 Å². The minimum atomic E-state index is 0.0486. The molecule has 0 radical (unpaired) electrons. The maximum Gasteiger partial charge on any atom is 0.324 e. The highest BCUT2D eigenvalue weighted by Crippen LogP contribution is 2.19. The van der Waals surface area contributed by atoms with Crippen LogP contribution < -0.4 is 10.6 Å². The number of nitrogen functional groups attached to an aromatic ring is 1. The van der Waals surface area contributed by atoms with Gasteiger partial charge in [0.2, 0.25) is 0 Å². The third-order valence-electron chi connectivity index (χ3n) is 2.89. The van der Waals surface area contributed by atoms with E-state index in [9.17, 15) is 4.79 Å². The number of hydrogen-bond donors (Lipinski definition) is 1. The Balaban J connectivity index is 2.98. The minimum absolute atomic E-state index is 0.0486. The van der Waals surface area contributed by atoms with Crippen LogP contribution in [0.4, 0.5) is 16.2 Å².